The molecule has 1 aliphatic rings. The van der Waals surface area contributed by atoms with Crippen LogP contribution >= 0.6 is 11.3 Å². The highest BCUT2D eigenvalue weighted by Crippen LogP contribution is 2.12. The Morgan fingerprint density at radius 3 is 3.19 bits per heavy atom. The van der Waals surface area contributed by atoms with Crippen LogP contribution in [0.5, 0.6) is 0 Å². The van der Waals surface area contributed by atoms with Crippen LogP contribution in [0.3, 0.4) is 0 Å². The maximum absolute atomic E-state index is 11.0. The number of thiazole rings is 1. The molecule has 1 aromatic rings. The molecule has 0 spiro atoms. The van der Waals surface area contributed by atoms with E-state index in [4.69, 9.17) is 0 Å². The second kappa shape index (κ2) is 5.41. The van der Waals surface area contributed by atoms with Crippen molar-refractivity contribution in [3.63, 3.8) is 0 Å². The van der Waals surface area contributed by atoms with Crippen LogP contribution in [-0.4, -0.2) is 30.0 Å². The Morgan fingerprint density at radius 2 is 2.56 bits per heavy atom. The predicted molar refractivity (Wildman–Crippen MR) is 64.6 cm³/mol. The first kappa shape index (κ1) is 11.5. The summed E-state index contributed by atoms with van der Waals surface area (Å²) in [4.78, 5) is 16.5. The lowest BCUT2D eigenvalue weighted by Gasteiger charge is -2.23. The van der Waals surface area contributed by atoms with Crippen LogP contribution < -0.4 is 10.6 Å². The molecule has 0 aliphatic carbocycles. The van der Waals surface area contributed by atoms with E-state index >= 15 is 0 Å². The smallest absolute Gasteiger partial charge is 0.220 e. The molecule has 2 rings (SSSR count). The minimum absolute atomic E-state index is 0.177. The van der Waals surface area contributed by atoms with Gasteiger partial charge in [0.2, 0.25) is 5.91 Å². The second-order valence-corrected chi connectivity index (χ2v) is 5.04. The first-order chi connectivity index (χ1) is 7.75. The molecule has 0 bridgehead atoms. The SMILES string of the molecule is Cc1ncsc1CCNC1CCC(=O)NC1. The fourth-order valence-electron chi connectivity index (χ4n) is 1.86. The van der Waals surface area contributed by atoms with Gasteiger partial charge in [-0.25, -0.2) is 4.98 Å². The van der Waals surface area contributed by atoms with Crippen molar-refractivity contribution in [1.29, 1.82) is 0 Å². The van der Waals surface area contributed by atoms with Crippen LogP contribution in [0.2, 0.25) is 0 Å². The molecule has 0 saturated carbocycles. The molecule has 4 nitrogen and oxygen atoms in total. The number of nitrogens with one attached hydrogen (secondary N) is 2. The van der Waals surface area contributed by atoms with Gasteiger partial charge in [-0.2, -0.15) is 0 Å². The summed E-state index contributed by atoms with van der Waals surface area (Å²) < 4.78 is 0. The Balaban J connectivity index is 1.68. The van der Waals surface area contributed by atoms with Gasteiger partial charge in [-0.3, -0.25) is 4.79 Å². The lowest BCUT2D eigenvalue weighted by atomic mass is 10.1. The van der Waals surface area contributed by atoms with Crippen molar-refractivity contribution >= 4 is 17.2 Å². The summed E-state index contributed by atoms with van der Waals surface area (Å²) in [7, 11) is 0. The van der Waals surface area contributed by atoms with Gasteiger partial charge >= 0.3 is 0 Å². The van der Waals surface area contributed by atoms with E-state index in [-0.39, 0.29) is 5.91 Å². The fraction of sp³-hybridized carbons (Fsp3) is 0.636. The third-order valence-electron chi connectivity index (χ3n) is 2.90. The second-order valence-electron chi connectivity index (χ2n) is 4.10. The number of amides is 1. The van der Waals surface area contributed by atoms with Gasteiger partial charge in [-0.05, 0) is 19.8 Å². The van der Waals surface area contributed by atoms with E-state index in [1.54, 1.807) is 11.3 Å². The molecule has 16 heavy (non-hydrogen) atoms. The van der Waals surface area contributed by atoms with Crippen molar-refractivity contribution in [3.8, 4) is 0 Å². The van der Waals surface area contributed by atoms with E-state index in [1.807, 2.05) is 12.4 Å². The highest BCUT2D eigenvalue weighted by atomic mass is 32.1. The van der Waals surface area contributed by atoms with Crippen LogP contribution in [0.25, 0.3) is 0 Å². The van der Waals surface area contributed by atoms with Crippen LogP contribution in [0.1, 0.15) is 23.4 Å². The van der Waals surface area contributed by atoms with E-state index in [0.717, 1.165) is 31.6 Å². The molecule has 5 heteroatoms. The van der Waals surface area contributed by atoms with Crippen LogP contribution in [0.15, 0.2) is 5.51 Å². The van der Waals surface area contributed by atoms with Crippen molar-refractivity contribution in [1.82, 2.24) is 15.6 Å². The summed E-state index contributed by atoms with van der Waals surface area (Å²) in [6.07, 6.45) is 2.63. The summed E-state index contributed by atoms with van der Waals surface area (Å²) in [6.45, 7) is 3.77. The summed E-state index contributed by atoms with van der Waals surface area (Å²) in [5.74, 6) is 0.177. The van der Waals surface area contributed by atoms with Gasteiger partial charge in [0.05, 0.1) is 11.2 Å². The zero-order chi connectivity index (χ0) is 11.4. The van der Waals surface area contributed by atoms with Gasteiger partial charge in [0.15, 0.2) is 0 Å². The van der Waals surface area contributed by atoms with Crippen LogP contribution in [0, 0.1) is 6.92 Å². The third-order valence-corrected chi connectivity index (χ3v) is 3.89. The molecule has 0 radical (unpaired) electrons. The largest absolute Gasteiger partial charge is 0.355 e. The number of hydrogen-bond acceptors (Lipinski definition) is 4. The number of nitrogens with zero attached hydrogens (tertiary/aromatic N) is 1. The Kier molecular flexibility index (Phi) is 3.90. The average Bonchev–Trinajstić information content (AvgIpc) is 2.68. The molecule has 1 amide bonds. The quantitative estimate of drug-likeness (QED) is 0.819. The molecule has 1 saturated heterocycles. The number of aromatic nitrogens is 1. The fourth-order valence-corrected chi connectivity index (χ4v) is 2.64. The summed E-state index contributed by atoms with van der Waals surface area (Å²) >= 11 is 1.72. The molecule has 2 heterocycles. The van der Waals surface area contributed by atoms with Gasteiger partial charge in [0.1, 0.15) is 0 Å². The zero-order valence-electron chi connectivity index (χ0n) is 9.45. The molecule has 1 fully saturated rings. The van der Waals surface area contributed by atoms with Crippen LogP contribution in [-0.2, 0) is 11.2 Å². The topological polar surface area (TPSA) is 54.0 Å². The van der Waals surface area contributed by atoms with Crippen molar-refractivity contribution in [2.45, 2.75) is 32.2 Å². The maximum Gasteiger partial charge on any atom is 0.220 e. The molecule has 88 valence electrons. The Labute approximate surface area is 99.5 Å². The normalized spacial score (nSPS) is 20.8. The standard InChI is InChI=1S/C11H17N3OS/c1-8-10(16-7-14-8)4-5-12-9-2-3-11(15)13-6-9/h7,9,12H,2-6H2,1H3,(H,13,15). The number of piperidine rings is 1. The molecule has 1 unspecified atom stereocenters. The van der Waals surface area contributed by atoms with E-state index in [9.17, 15) is 4.79 Å². The lowest BCUT2D eigenvalue weighted by Crippen LogP contribution is -2.46. The molecule has 0 aromatic carbocycles. The van der Waals surface area contributed by atoms with E-state index in [2.05, 4.69) is 15.6 Å². The Hall–Kier alpha value is -0.940. The molecule has 1 atom stereocenters. The number of carbonyl (C=O) groups is 1. The minimum Gasteiger partial charge on any atom is -0.355 e. The van der Waals surface area contributed by atoms with E-state index in [0.29, 0.717) is 12.5 Å². The van der Waals surface area contributed by atoms with Gasteiger partial charge < -0.3 is 10.6 Å². The van der Waals surface area contributed by atoms with Gasteiger partial charge in [-0.15, -0.1) is 11.3 Å². The summed E-state index contributed by atoms with van der Waals surface area (Å²) in [6, 6.07) is 0.436. The predicted octanol–water partition coefficient (Wildman–Crippen LogP) is 0.862. The van der Waals surface area contributed by atoms with Crippen molar-refractivity contribution in [2.24, 2.45) is 0 Å². The van der Waals surface area contributed by atoms with Gasteiger partial charge in [0, 0.05) is 30.4 Å². The summed E-state index contributed by atoms with van der Waals surface area (Å²) in [5.41, 5.74) is 3.04. The first-order valence-electron chi connectivity index (χ1n) is 5.65. The van der Waals surface area contributed by atoms with Gasteiger partial charge in [0.25, 0.3) is 0 Å². The Bertz CT molecular complexity index is 354. The van der Waals surface area contributed by atoms with E-state index in [1.165, 1.54) is 4.88 Å². The maximum atomic E-state index is 11.0. The monoisotopic (exact) mass is 239 g/mol. The third kappa shape index (κ3) is 3.02. The molecule has 1 aliphatic heterocycles. The van der Waals surface area contributed by atoms with Crippen molar-refractivity contribution in [3.05, 3.63) is 16.1 Å². The molecular formula is C11H17N3OS. The lowest BCUT2D eigenvalue weighted by molar-refractivity contribution is -0.122. The van der Waals surface area contributed by atoms with E-state index < -0.39 is 0 Å². The van der Waals surface area contributed by atoms with Crippen molar-refractivity contribution < 1.29 is 4.79 Å². The number of hydrogen-bond donors (Lipinski definition) is 2. The zero-order valence-corrected chi connectivity index (χ0v) is 10.3. The first-order valence-corrected chi connectivity index (χ1v) is 6.52. The molecular weight excluding hydrogens is 222 g/mol. The number of aryl methyl sites for hydroxylation is 1. The minimum atomic E-state index is 0.177. The van der Waals surface area contributed by atoms with Crippen molar-refractivity contribution in [2.75, 3.05) is 13.1 Å². The average molecular weight is 239 g/mol. The summed E-state index contributed by atoms with van der Waals surface area (Å²) in [5, 5.41) is 6.35. The Morgan fingerprint density at radius 1 is 1.69 bits per heavy atom. The number of carbonyl (C=O) groups excluding carboxylic acids is 1. The van der Waals surface area contributed by atoms with Gasteiger partial charge in [-0.1, -0.05) is 0 Å². The molecule has 2 N–H and O–H groups in total. The molecule has 1 aromatic heterocycles. The highest BCUT2D eigenvalue weighted by molar-refractivity contribution is 7.09. The van der Waals surface area contributed by atoms with Crippen LogP contribution in [0.4, 0.5) is 0 Å². The highest BCUT2D eigenvalue weighted by Gasteiger charge is 2.16. The number of rotatable bonds is 4.